The molecule has 0 atom stereocenters. The topological polar surface area (TPSA) is 39.4 Å². The van der Waals surface area contributed by atoms with Gasteiger partial charge in [-0.3, -0.25) is 4.40 Å². The van der Waals surface area contributed by atoms with E-state index in [9.17, 15) is 0 Å². The summed E-state index contributed by atoms with van der Waals surface area (Å²) in [6.45, 7) is 1.90. The summed E-state index contributed by atoms with van der Waals surface area (Å²) in [6.07, 6.45) is 1.88. The Morgan fingerprint density at radius 3 is 2.92 bits per heavy atom. The normalized spacial score (nSPS) is 10.7. The number of nitrogens with zero attached hydrogens (tertiary/aromatic N) is 3. The molecular formula is C8H8BrN3O. The minimum absolute atomic E-state index is 0.764. The van der Waals surface area contributed by atoms with Crippen LogP contribution in [0.4, 0.5) is 0 Å². The molecule has 0 spiro atoms. The molecule has 13 heavy (non-hydrogen) atoms. The summed E-state index contributed by atoms with van der Waals surface area (Å²) < 4.78 is 7.86. The monoisotopic (exact) mass is 241 g/mol. The average Bonchev–Trinajstić information content (AvgIpc) is 2.50. The standard InChI is InChI=1S/C8H8BrN3O/c1-5-10-11-8-7(9)6(13-2)3-4-12(5)8/h3-4H,1-2H3. The van der Waals surface area contributed by atoms with E-state index in [1.54, 1.807) is 7.11 Å². The van der Waals surface area contributed by atoms with Crippen molar-refractivity contribution < 1.29 is 4.74 Å². The molecular weight excluding hydrogens is 234 g/mol. The Morgan fingerprint density at radius 1 is 1.46 bits per heavy atom. The van der Waals surface area contributed by atoms with Gasteiger partial charge in [0, 0.05) is 6.20 Å². The van der Waals surface area contributed by atoms with Crippen molar-refractivity contribution in [3.8, 4) is 5.75 Å². The molecule has 0 saturated carbocycles. The largest absolute Gasteiger partial charge is 0.495 e. The molecule has 2 aromatic heterocycles. The maximum absolute atomic E-state index is 5.13. The lowest BCUT2D eigenvalue weighted by Crippen LogP contribution is -1.91. The number of fused-ring (bicyclic) bond motifs is 1. The Balaban J connectivity index is 2.80. The van der Waals surface area contributed by atoms with E-state index in [2.05, 4.69) is 26.1 Å². The minimum Gasteiger partial charge on any atom is -0.495 e. The van der Waals surface area contributed by atoms with Crippen LogP contribution in [0.1, 0.15) is 5.82 Å². The average molecular weight is 242 g/mol. The summed E-state index contributed by atoms with van der Waals surface area (Å²) >= 11 is 3.41. The van der Waals surface area contributed by atoms with E-state index in [0.717, 1.165) is 21.7 Å². The number of aromatic nitrogens is 3. The molecule has 0 aromatic carbocycles. The molecule has 68 valence electrons. The van der Waals surface area contributed by atoms with Gasteiger partial charge in [0.05, 0.1) is 7.11 Å². The zero-order chi connectivity index (χ0) is 9.42. The second-order valence-electron chi connectivity index (χ2n) is 2.64. The Labute approximate surface area is 83.7 Å². The van der Waals surface area contributed by atoms with Crippen molar-refractivity contribution in [2.45, 2.75) is 6.92 Å². The Bertz CT molecular complexity index is 452. The molecule has 0 amide bonds. The van der Waals surface area contributed by atoms with Crippen LogP contribution >= 0.6 is 15.9 Å². The highest BCUT2D eigenvalue weighted by Gasteiger charge is 2.08. The van der Waals surface area contributed by atoms with Crippen LogP contribution in [0.15, 0.2) is 16.7 Å². The third-order valence-corrected chi connectivity index (χ3v) is 2.62. The summed E-state index contributed by atoms with van der Waals surface area (Å²) in [7, 11) is 1.62. The first-order valence-electron chi connectivity index (χ1n) is 3.78. The molecule has 0 N–H and O–H groups in total. The van der Waals surface area contributed by atoms with Crippen molar-refractivity contribution in [2.24, 2.45) is 0 Å². The Hall–Kier alpha value is -1.10. The predicted octanol–water partition coefficient (Wildman–Crippen LogP) is 1.81. The number of halogens is 1. The van der Waals surface area contributed by atoms with Crippen molar-refractivity contribution in [2.75, 3.05) is 7.11 Å². The van der Waals surface area contributed by atoms with E-state index in [1.807, 2.05) is 23.6 Å². The van der Waals surface area contributed by atoms with Gasteiger partial charge in [-0.15, -0.1) is 10.2 Å². The first-order valence-corrected chi connectivity index (χ1v) is 4.57. The van der Waals surface area contributed by atoms with Gasteiger partial charge in [-0.1, -0.05) is 0 Å². The van der Waals surface area contributed by atoms with E-state index in [4.69, 9.17) is 4.74 Å². The van der Waals surface area contributed by atoms with Gasteiger partial charge in [0.25, 0.3) is 0 Å². The number of ether oxygens (including phenoxy) is 1. The molecule has 2 heterocycles. The second-order valence-corrected chi connectivity index (χ2v) is 3.43. The molecule has 0 bridgehead atoms. The van der Waals surface area contributed by atoms with E-state index in [-0.39, 0.29) is 0 Å². The smallest absolute Gasteiger partial charge is 0.178 e. The zero-order valence-electron chi connectivity index (χ0n) is 7.28. The highest BCUT2D eigenvalue weighted by Crippen LogP contribution is 2.27. The van der Waals surface area contributed by atoms with Gasteiger partial charge in [0.2, 0.25) is 0 Å². The molecule has 0 aliphatic rings. The van der Waals surface area contributed by atoms with E-state index >= 15 is 0 Å². The number of aryl methyl sites for hydroxylation is 1. The van der Waals surface area contributed by atoms with Gasteiger partial charge in [-0.2, -0.15) is 0 Å². The number of hydrogen-bond acceptors (Lipinski definition) is 3. The molecule has 0 radical (unpaired) electrons. The molecule has 2 aromatic rings. The molecule has 0 saturated heterocycles. The van der Waals surface area contributed by atoms with Crippen LogP contribution < -0.4 is 4.74 Å². The van der Waals surface area contributed by atoms with Crippen molar-refractivity contribution in [3.05, 3.63) is 22.6 Å². The van der Waals surface area contributed by atoms with Crippen LogP contribution in [0.2, 0.25) is 0 Å². The lowest BCUT2D eigenvalue weighted by Gasteiger charge is -2.03. The third kappa shape index (κ3) is 1.19. The second kappa shape index (κ2) is 2.99. The van der Waals surface area contributed by atoms with Crippen LogP contribution in [0.5, 0.6) is 5.75 Å². The molecule has 0 fully saturated rings. The number of rotatable bonds is 1. The summed E-state index contributed by atoms with van der Waals surface area (Å²) in [6, 6.07) is 1.87. The summed E-state index contributed by atoms with van der Waals surface area (Å²) in [5.74, 6) is 1.62. The van der Waals surface area contributed by atoms with Gasteiger partial charge >= 0.3 is 0 Å². The third-order valence-electron chi connectivity index (χ3n) is 1.87. The van der Waals surface area contributed by atoms with Crippen molar-refractivity contribution >= 4 is 21.6 Å². The first-order chi connectivity index (χ1) is 6.24. The number of pyridine rings is 1. The summed E-state index contributed by atoms with van der Waals surface area (Å²) in [5.41, 5.74) is 0.775. The molecule has 2 rings (SSSR count). The quantitative estimate of drug-likeness (QED) is 0.765. The van der Waals surface area contributed by atoms with E-state index in [1.165, 1.54) is 0 Å². The SMILES string of the molecule is COc1ccn2c(C)nnc2c1Br. The molecule has 4 nitrogen and oxygen atoms in total. The van der Waals surface area contributed by atoms with Crippen LogP contribution in [-0.4, -0.2) is 21.7 Å². The fourth-order valence-electron chi connectivity index (χ4n) is 1.18. The molecule has 5 heteroatoms. The molecule has 0 aliphatic carbocycles. The highest BCUT2D eigenvalue weighted by molar-refractivity contribution is 9.10. The van der Waals surface area contributed by atoms with E-state index in [0.29, 0.717) is 0 Å². The number of hydrogen-bond donors (Lipinski definition) is 0. The van der Waals surface area contributed by atoms with Gasteiger partial charge in [0.15, 0.2) is 5.65 Å². The predicted molar refractivity (Wildman–Crippen MR) is 52.0 cm³/mol. The van der Waals surface area contributed by atoms with Crippen LogP contribution in [0.3, 0.4) is 0 Å². The fraction of sp³-hybridized carbons (Fsp3) is 0.250. The Morgan fingerprint density at radius 2 is 2.23 bits per heavy atom. The van der Waals surface area contributed by atoms with Gasteiger partial charge in [-0.05, 0) is 28.9 Å². The summed E-state index contributed by atoms with van der Waals surface area (Å²) in [4.78, 5) is 0. The van der Waals surface area contributed by atoms with Gasteiger partial charge in [-0.25, -0.2) is 0 Å². The minimum atomic E-state index is 0.764. The lowest BCUT2D eigenvalue weighted by atomic mass is 10.4. The van der Waals surface area contributed by atoms with Crippen molar-refractivity contribution in [1.29, 1.82) is 0 Å². The first kappa shape index (κ1) is 8.50. The van der Waals surface area contributed by atoms with E-state index < -0.39 is 0 Å². The maximum Gasteiger partial charge on any atom is 0.178 e. The molecule has 0 unspecified atom stereocenters. The number of methoxy groups -OCH3 is 1. The van der Waals surface area contributed by atoms with Gasteiger partial charge in [0.1, 0.15) is 16.0 Å². The summed E-state index contributed by atoms with van der Waals surface area (Å²) in [5, 5.41) is 7.97. The van der Waals surface area contributed by atoms with Crippen LogP contribution in [0.25, 0.3) is 5.65 Å². The molecule has 0 aliphatic heterocycles. The van der Waals surface area contributed by atoms with Crippen LogP contribution in [0, 0.1) is 6.92 Å². The lowest BCUT2D eigenvalue weighted by molar-refractivity contribution is 0.412. The Kier molecular flexibility index (Phi) is 1.95. The maximum atomic E-state index is 5.13. The fourth-order valence-corrected chi connectivity index (χ4v) is 1.75. The zero-order valence-corrected chi connectivity index (χ0v) is 8.87. The van der Waals surface area contributed by atoms with Gasteiger partial charge < -0.3 is 4.74 Å². The highest BCUT2D eigenvalue weighted by atomic mass is 79.9. The van der Waals surface area contributed by atoms with Crippen LogP contribution in [-0.2, 0) is 0 Å². The van der Waals surface area contributed by atoms with Crippen molar-refractivity contribution in [3.63, 3.8) is 0 Å². The van der Waals surface area contributed by atoms with Crippen molar-refractivity contribution in [1.82, 2.24) is 14.6 Å².